The molecule has 0 radical (unpaired) electrons. The van der Waals surface area contributed by atoms with Crippen LogP contribution in [0, 0.1) is 0 Å². The van der Waals surface area contributed by atoms with E-state index in [1.54, 1.807) is 0 Å². The lowest BCUT2D eigenvalue weighted by Gasteiger charge is -2.33. The van der Waals surface area contributed by atoms with E-state index >= 15 is 0 Å². The Morgan fingerprint density at radius 2 is 1.29 bits per heavy atom. The average Bonchev–Trinajstić information content (AvgIpc) is 2.16. The molecular weight excluding hydrogens is 248 g/mol. The summed E-state index contributed by atoms with van der Waals surface area (Å²) >= 11 is 0. The Hall–Kier alpha value is 0.314. The van der Waals surface area contributed by atoms with Gasteiger partial charge in [0.05, 0.1) is 0 Å². The molecule has 0 aliphatic carbocycles. The van der Waals surface area contributed by atoms with Gasteiger partial charge in [0.2, 0.25) is 0 Å². The number of hydrogen-bond acceptors (Lipinski definition) is 3. The first-order chi connectivity index (χ1) is 7.89. The summed E-state index contributed by atoms with van der Waals surface area (Å²) < 4.78 is 17.2. The predicted octanol–water partition coefficient (Wildman–Crippen LogP) is 2.56. The third-order valence-corrected chi connectivity index (χ3v) is 10.3. The van der Waals surface area contributed by atoms with Crippen molar-refractivity contribution >= 4 is 16.6 Å². The fraction of sp³-hybridized carbons (Fsp3) is 1.00. The van der Waals surface area contributed by atoms with E-state index in [1.807, 2.05) is 20.8 Å². The van der Waals surface area contributed by atoms with E-state index in [4.69, 9.17) is 14.2 Å². The quantitative estimate of drug-likeness (QED) is 0.454. The van der Waals surface area contributed by atoms with Crippen LogP contribution in [0.25, 0.3) is 0 Å². The summed E-state index contributed by atoms with van der Waals surface area (Å²) in [5.74, 6) is -0.773. The zero-order valence-corrected chi connectivity index (χ0v) is 14.9. The van der Waals surface area contributed by atoms with Gasteiger partial charge in [-0.2, -0.15) is 0 Å². The van der Waals surface area contributed by atoms with Crippen LogP contribution in [0.15, 0.2) is 0 Å². The molecule has 0 aliphatic heterocycles. The summed E-state index contributed by atoms with van der Waals surface area (Å²) in [5, 5.41) is 0. The Kier molecular flexibility index (Phi) is 8.58. The van der Waals surface area contributed by atoms with Gasteiger partial charge in [-0.15, -0.1) is 0 Å². The van der Waals surface area contributed by atoms with Gasteiger partial charge in [0.15, 0.2) is 0 Å². The molecule has 0 unspecified atom stereocenters. The highest BCUT2D eigenvalue weighted by Crippen LogP contribution is 2.23. The van der Waals surface area contributed by atoms with Crippen molar-refractivity contribution in [3.8, 4) is 0 Å². The minimum Gasteiger partial charge on any atom is -0.328 e. The lowest BCUT2D eigenvalue weighted by Crippen LogP contribution is -2.41. The van der Waals surface area contributed by atoms with Gasteiger partial charge in [0, 0.05) is 42.9 Å². The Balaban J connectivity index is 4.33. The first-order valence-electron chi connectivity index (χ1n) is 6.81. The first kappa shape index (κ1) is 17.3. The van der Waals surface area contributed by atoms with Crippen molar-refractivity contribution in [2.24, 2.45) is 0 Å². The summed E-state index contributed by atoms with van der Waals surface area (Å²) in [6.45, 7) is 15.2. The third kappa shape index (κ3) is 8.10. The lowest BCUT2D eigenvalue weighted by atomic mass is 10.4. The second kappa shape index (κ2) is 8.42. The fourth-order valence-corrected chi connectivity index (χ4v) is 7.22. The van der Waals surface area contributed by atoms with E-state index in [2.05, 4.69) is 19.6 Å². The molecule has 0 N–H and O–H groups in total. The average molecular weight is 279 g/mol. The molecule has 0 spiro atoms. The number of ether oxygens (including phenoxy) is 3. The van der Waals surface area contributed by atoms with Crippen LogP contribution < -0.4 is 0 Å². The van der Waals surface area contributed by atoms with Crippen molar-refractivity contribution in [2.75, 3.05) is 19.8 Å². The highest BCUT2D eigenvalue weighted by molar-refractivity contribution is 7.23. The topological polar surface area (TPSA) is 27.7 Å². The highest BCUT2D eigenvalue weighted by atomic mass is 29.2. The predicted molar refractivity (Wildman–Crippen MR) is 78.9 cm³/mol. The third-order valence-electron chi connectivity index (χ3n) is 2.50. The zero-order chi connectivity index (χ0) is 13.4. The van der Waals surface area contributed by atoms with Crippen LogP contribution in [-0.2, 0) is 14.2 Å². The van der Waals surface area contributed by atoms with Crippen molar-refractivity contribution in [1.29, 1.82) is 0 Å². The van der Waals surface area contributed by atoms with Gasteiger partial charge < -0.3 is 14.2 Å². The van der Waals surface area contributed by atoms with Gasteiger partial charge >= 0.3 is 0 Å². The molecule has 0 fully saturated rings. The molecule has 0 bridgehead atoms. The summed E-state index contributed by atoms with van der Waals surface area (Å²) in [6.07, 6.45) is 0.888. The Labute approximate surface area is 110 Å². The van der Waals surface area contributed by atoms with Crippen LogP contribution >= 0.6 is 0 Å². The molecule has 0 amide bonds. The van der Waals surface area contributed by atoms with Gasteiger partial charge in [0.25, 0.3) is 5.97 Å². The molecular formula is C12H30O3Si2. The molecule has 0 heterocycles. The molecule has 0 aliphatic rings. The molecule has 104 valence electrons. The summed E-state index contributed by atoms with van der Waals surface area (Å²) in [7, 11) is -0.836. The Bertz CT molecular complexity index is 176. The van der Waals surface area contributed by atoms with Gasteiger partial charge in [0.1, 0.15) is 0 Å². The van der Waals surface area contributed by atoms with Crippen LogP contribution in [0.5, 0.6) is 0 Å². The van der Waals surface area contributed by atoms with E-state index < -0.39 is 13.6 Å². The molecule has 0 saturated carbocycles. The molecule has 0 atom stereocenters. The van der Waals surface area contributed by atoms with Crippen LogP contribution in [0.3, 0.4) is 0 Å². The monoisotopic (exact) mass is 278 g/mol. The van der Waals surface area contributed by atoms with Crippen LogP contribution in [0.1, 0.15) is 27.2 Å². The minimum atomic E-state index is -0.854. The van der Waals surface area contributed by atoms with Gasteiger partial charge in [-0.25, -0.2) is 0 Å². The fourth-order valence-electron chi connectivity index (χ4n) is 1.84. The van der Waals surface area contributed by atoms with Gasteiger partial charge in [-0.05, 0) is 20.8 Å². The Morgan fingerprint density at radius 3 is 1.59 bits per heavy atom. The Morgan fingerprint density at radius 1 is 0.882 bits per heavy atom. The van der Waals surface area contributed by atoms with E-state index in [0.717, 1.165) is 6.42 Å². The molecule has 0 aromatic rings. The van der Waals surface area contributed by atoms with Crippen molar-refractivity contribution < 1.29 is 14.2 Å². The molecule has 3 nitrogen and oxygen atoms in total. The molecule has 17 heavy (non-hydrogen) atoms. The van der Waals surface area contributed by atoms with Crippen LogP contribution in [-0.4, -0.2) is 42.4 Å². The maximum absolute atomic E-state index is 5.72. The largest absolute Gasteiger partial charge is 0.328 e. The van der Waals surface area contributed by atoms with Crippen molar-refractivity contribution in [3.63, 3.8) is 0 Å². The maximum atomic E-state index is 5.72. The smallest absolute Gasteiger partial charge is 0.282 e. The highest BCUT2D eigenvalue weighted by Gasteiger charge is 2.32. The zero-order valence-electron chi connectivity index (χ0n) is 12.5. The first-order valence-corrected chi connectivity index (χ1v) is 13.6. The van der Waals surface area contributed by atoms with E-state index in [1.165, 1.54) is 6.04 Å². The van der Waals surface area contributed by atoms with Gasteiger partial charge in [-0.3, -0.25) is 0 Å². The number of rotatable bonds is 10. The van der Waals surface area contributed by atoms with Crippen LogP contribution in [0.4, 0.5) is 0 Å². The number of hydrogen-bond donors (Lipinski definition) is 0. The van der Waals surface area contributed by atoms with Gasteiger partial charge in [-0.1, -0.05) is 25.7 Å². The second-order valence-corrected chi connectivity index (χ2v) is 19.6. The second-order valence-electron chi connectivity index (χ2n) is 5.40. The van der Waals surface area contributed by atoms with Crippen molar-refractivity contribution in [3.05, 3.63) is 0 Å². The summed E-state index contributed by atoms with van der Waals surface area (Å²) in [5.41, 5.74) is 0. The van der Waals surface area contributed by atoms with Crippen molar-refractivity contribution in [1.82, 2.24) is 0 Å². The molecule has 0 saturated heterocycles. The van der Waals surface area contributed by atoms with Crippen LogP contribution in [0.2, 0.25) is 25.7 Å². The van der Waals surface area contributed by atoms with Crippen molar-refractivity contribution in [2.45, 2.75) is 58.9 Å². The standard InChI is InChI=1S/C12H30O3Si2/c1-7-13-12(14-8-2,15-9-3)10-11-16-17(4,5)6/h7-11,16H2,1-6H3. The molecule has 0 aromatic carbocycles. The molecule has 5 heteroatoms. The van der Waals surface area contributed by atoms with E-state index in [9.17, 15) is 0 Å². The molecule has 0 rings (SSSR count). The maximum Gasteiger partial charge on any atom is 0.282 e. The molecule has 0 aromatic heterocycles. The lowest BCUT2D eigenvalue weighted by molar-refractivity contribution is -0.377. The normalized spacial score (nSPS) is 13.8. The van der Waals surface area contributed by atoms with E-state index in [0.29, 0.717) is 19.8 Å². The summed E-state index contributed by atoms with van der Waals surface area (Å²) in [4.78, 5) is 0. The summed E-state index contributed by atoms with van der Waals surface area (Å²) in [6, 6.07) is 1.25. The SMILES string of the molecule is CCOC(CC[SiH2][Si](C)(C)C)(OCC)OCC. The minimum absolute atomic E-state index is 0.0178. The van der Waals surface area contributed by atoms with E-state index in [-0.39, 0.29) is 9.04 Å².